The largest absolute Gasteiger partial charge is 0.494 e. The Labute approximate surface area is 115 Å². The van der Waals surface area contributed by atoms with Crippen LogP contribution in [0.2, 0.25) is 0 Å². The number of methoxy groups -OCH3 is 1. The molecule has 3 heteroatoms. The van der Waals surface area contributed by atoms with E-state index in [2.05, 4.69) is 19.2 Å². The Kier molecular flexibility index (Phi) is 4.81. The SMILES string of the molecule is COc1ccc(CNC2CC(C)CC(C)C2)cc1F. The molecule has 106 valence electrons. The van der Waals surface area contributed by atoms with Crippen LogP contribution in [0, 0.1) is 17.7 Å². The van der Waals surface area contributed by atoms with Crippen LogP contribution in [-0.4, -0.2) is 13.2 Å². The summed E-state index contributed by atoms with van der Waals surface area (Å²) >= 11 is 0. The molecule has 1 N–H and O–H groups in total. The molecule has 1 aromatic carbocycles. The maximum Gasteiger partial charge on any atom is 0.165 e. The predicted octanol–water partition coefficient (Wildman–Crippen LogP) is 3.75. The summed E-state index contributed by atoms with van der Waals surface area (Å²) < 4.78 is 18.5. The van der Waals surface area contributed by atoms with Crippen molar-refractivity contribution in [2.75, 3.05) is 7.11 Å². The van der Waals surface area contributed by atoms with E-state index in [1.165, 1.54) is 26.4 Å². The minimum atomic E-state index is -0.285. The quantitative estimate of drug-likeness (QED) is 0.895. The van der Waals surface area contributed by atoms with E-state index in [0.29, 0.717) is 11.8 Å². The van der Waals surface area contributed by atoms with Gasteiger partial charge in [-0.05, 0) is 48.8 Å². The molecule has 0 spiro atoms. The van der Waals surface area contributed by atoms with Crippen LogP contribution in [0.25, 0.3) is 0 Å². The smallest absolute Gasteiger partial charge is 0.165 e. The van der Waals surface area contributed by atoms with Crippen LogP contribution < -0.4 is 10.1 Å². The molecule has 1 aromatic rings. The van der Waals surface area contributed by atoms with Gasteiger partial charge in [-0.1, -0.05) is 19.9 Å². The molecule has 1 aliphatic carbocycles. The second-order valence-corrected chi connectivity index (χ2v) is 5.96. The molecular formula is C16H24FNO. The van der Waals surface area contributed by atoms with Gasteiger partial charge < -0.3 is 10.1 Å². The first-order valence-corrected chi connectivity index (χ1v) is 7.14. The average Bonchev–Trinajstić information content (AvgIpc) is 2.35. The first-order chi connectivity index (χ1) is 9.08. The van der Waals surface area contributed by atoms with E-state index >= 15 is 0 Å². The first-order valence-electron chi connectivity index (χ1n) is 7.14. The van der Waals surface area contributed by atoms with E-state index in [4.69, 9.17) is 4.74 Å². The van der Waals surface area contributed by atoms with Crippen molar-refractivity contribution in [3.05, 3.63) is 29.6 Å². The Bertz CT molecular complexity index is 411. The molecule has 1 fully saturated rings. The Morgan fingerprint density at radius 3 is 2.47 bits per heavy atom. The molecule has 1 saturated carbocycles. The number of rotatable bonds is 4. The molecule has 2 atom stereocenters. The van der Waals surface area contributed by atoms with Crippen LogP contribution >= 0.6 is 0 Å². The molecular weight excluding hydrogens is 241 g/mol. The maximum atomic E-state index is 13.6. The third-order valence-electron chi connectivity index (χ3n) is 3.99. The van der Waals surface area contributed by atoms with Gasteiger partial charge in [-0.3, -0.25) is 0 Å². The monoisotopic (exact) mass is 265 g/mol. The molecule has 2 rings (SSSR count). The van der Waals surface area contributed by atoms with Gasteiger partial charge in [0.15, 0.2) is 11.6 Å². The fourth-order valence-corrected chi connectivity index (χ4v) is 3.20. The molecule has 2 nitrogen and oxygen atoms in total. The van der Waals surface area contributed by atoms with Gasteiger partial charge >= 0.3 is 0 Å². The molecule has 1 aliphatic rings. The van der Waals surface area contributed by atoms with Gasteiger partial charge in [0.1, 0.15) is 0 Å². The zero-order chi connectivity index (χ0) is 13.8. The highest BCUT2D eigenvalue weighted by molar-refractivity contribution is 5.29. The molecule has 0 aromatic heterocycles. The summed E-state index contributed by atoms with van der Waals surface area (Å²) in [5, 5.41) is 3.56. The van der Waals surface area contributed by atoms with Crippen molar-refractivity contribution < 1.29 is 9.13 Å². The second kappa shape index (κ2) is 6.38. The lowest BCUT2D eigenvalue weighted by Crippen LogP contribution is -2.35. The van der Waals surface area contributed by atoms with Gasteiger partial charge in [-0.15, -0.1) is 0 Å². The van der Waals surface area contributed by atoms with Crippen molar-refractivity contribution in [2.24, 2.45) is 11.8 Å². The molecule has 0 bridgehead atoms. The van der Waals surface area contributed by atoms with Crippen LogP contribution in [0.4, 0.5) is 4.39 Å². The first kappa shape index (κ1) is 14.3. The molecule has 0 amide bonds. The van der Waals surface area contributed by atoms with Crippen molar-refractivity contribution in [3.63, 3.8) is 0 Å². The summed E-state index contributed by atoms with van der Waals surface area (Å²) in [4.78, 5) is 0. The van der Waals surface area contributed by atoms with Crippen LogP contribution in [0.15, 0.2) is 18.2 Å². The standard InChI is InChI=1S/C16H24FNO/c1-11-6-12(2)8-14(7-11)18-10-13-4-5-16(19-3)15(17)9-13/h4-5,9,11-12,14,18H,6-8,10H2,1-3H3. The van der Waals surface area contributed by atoms with Gasteiger partial charge in [0.2, 0.25) is 0 Å². The number of benzene rings is 1. The predicted molar refractivity (Wildman–Crippen MR) is 75.8 cm³/mol. The fraction of sp³-hybridized carbons (Fsp3) is 0.625. The fourth-order valence-electron chi connectivity index (χ4n) is 3.20. The van der Waals surface area contributed by atoms with Crippen molar-refractivity contribution >= 4 is 0 Å². The summed E-state index contributed by atoms with van der Waals surface area (Å²) in [7, 11) is 1.49. The van der Waals surface area contributed by atoms with E-state index in [1.807, 2.05) is 6.07 Å². The number of halogens is 1. The lowest BCUT2D eigenvalue weighted by Gasteiger charge is -2.32. The summed E-state index contributed by atoms with van der Waals surface area (Å²) in [5.41, 5.74) is 0.976. The zero-order valence-electron chi connectivity index (χ0n) is 12.1. The third kappa shape index (κ3) is 3.93. The Balaban J connectivity index is 1.89. The highest BCUT2D eigenvalue weighted by atomic mass is 19.1. The van der Waals surface area contributed by atoms with Crippen molar-refractivity contribution in [3.8, 4) is 5.75 Å². The van der Waals surface area contributed by atoms with Gasteiger partial charge in [0.05, 0.1) is 7.11 Å². The van der Waals surface area contributed by atoms with E-state index < -0.39 is 0 Å². The van der Waals surface area contributed by atoms with Crippen LogP contribution in [0.1, 0.15) is 38.7 Å². The van der Waals surface area contributed by atoms with E-state index in [1.54, 1.807) is 12.1 Å². The Morgan fingerprint density at radius 1 is 1.21 bits per heavy atom. The average molecular weight is 265 g/mol. The van der Waals surface area contributed by atoms with Crippen molar-refractivity contribution in [1.82, 2.24) is 5.32 Å². The molecule has 0 heterocycles. The lowest BCUT2D eigenvalue weighted by molar-refractivity contribution is 0.238. The second-order valence-electron chi connectivity index (χ2n) is 5.96. The molecule has 2 unspecified atom stereocenters. The zero-order valence-corrected chi connectivity index (χ0v) is 12.1. The molecule has 0 saturated heterocycles. The molecule has 0 radical (unpaired) electrons. The van der Waals surface area contributed by atoms with Crippen LogP contribution in [0.5, 0.6) is 5.75 Å². The molecule has 0 aliphatic heterocycles. The van der Waals surface area contributed by atoms with E-state index in [9.17, 15) is 4.39 Å². The summed E-state index contributed by atoms with van der Waals surface area (Å²) in [6, 6.07) is 5.73. The minimum Gasteiger partial charge on any atom is -0.494 e. The summed E-state index contributed by atoms with van der Waals surface area (Å²) in [6.07, 6.45) is 3.78. The van der Waals surface area contributed by atoms with Crippen LogP contribution in [0.3, 0.4) is 0 Å². The third-order valence-corrected chi connectivity index (χ3v) is 3.99. The Hall–Kier alpha value is -1.09. The number of hydrogen-bond donors (Lipinski definition) is 1. The normalized spacial score (nSPS) is 27.3. The highest BCUT2D eigenvalue weighted by Crippen LogP contribution is 2.28. The molecule has 19 heavy (non-hydrogen) atoms. The van der Waals surface area contributed by atoms with E-state index in [0.717, 1.165) is 23.9 Å². The topological polar surface area (TPSA) is 21.3 Å². The minimum absolute atomic E-state index is 0.285. The van der Waals surface area contributed by atoms with Crippen LogP contribution in [-0.2, 0) is 6.54 Å². The van der Waals surface area contributed by atoms with Gasteiger partial charge in [0.25, 0.3) is 0 Å². The van der Waals surface area contributed by atoms with Gasteiger partial charge in [0, 0.05) is 12.6 Å². The number of ether oxygens (including phenoxy) is 1. The maximum absolute atomic E-state index is 13.6. The van der Waals surface area contributed by atoms with Crippen molar-refractivity contribution in [2.45, 2.75) is 45.7 Å². The highest BCUT2D eigenvalue weighted by Gasteiger charge is 2.23. The van der Waals surface area contributed by atoms with Gasteiger partial charge in [-0.2, -0.15) is 0 Å². The van der Waals surface area contributed by atoms with Crippen molar-refractivity contribution in [1.29, 1.82) is 0 Å². The Morgan fingerprint density at radius 2 is 1.89 bits per heavy atom. The van der Waals surface area contributed by atoms with E-state index in [-0.39, 0.29) is 5.82 Å². The number of nitrogens with one attached hydrogen (secondary N) is 1. The lowest BCUT2D eigenvalue weighted by atomic mass is 9.80. The number of hydrogen-bond acceptors (Lipinski definition) is 2. The summed E-state index contributed by atoms with van der Waals surface area (Å²) in [6.45, 7) is 5.36. The van der Waals surface area contributed by atoms with Gasteiger partial charge in [-0.25, -0.2) is 4.39 Å². The summed E-state index contributed by atoms with van der Waals surface area (Å²) in [5.74, 6) is 1.60.